The molecule has 0 spiro atoms. The summed E-state index contributed by atoms with van der Waals surface area (Å²) in [6.07, 6.45) is 0. The third-order valence-corrected chi connectivity index (χ3v) is 3.15. The number of benzene rings is 2. The molecule has 0 bridgehead atoms. The molecule has 1 N–H and O–H groups in total. The van der Waals surface area contributed by atoms with Gasteiger partial charge in [0.05, 0.1) is 4.92 Å². The fourth-order valence-corrected chi connectivity index (χ4v) is 1.98. The number of hydrogen-bond acceptors (Lipinski definition) is 3. The fourth-order valence-electron chi connectivity index (χ4n) is 1.85. The van der Waals surface area contributed by atoms with Crippen LogP contribution >= 0.6 is 11.6 Å². The van der Waals surface area contributed by atoms with Gasteiger partial charge in [0.25, 0.3) is 5.69 Å². The van der Waals surface area contributed by atoms with Crippen LogP contribution in [0.5, 0.6) is 0 Å². The smallest absolute Gasteiger partial charge is 0.292 e. The van der Waals surface area contributed by atoms with Gasteiger partial charge in [0.2, 0.25) is 0 Å². The molecule has 2 rings (SSSR count). The lowest BCUT2D eigenvalue weighted by Crippen LogP contribution is -2.08. The maximum absolute atomic E-state index is 13.2. The van der Waals surface area contributed by atoms with Crippen molar-refractivity contribution in [2.45, 2.75) is 13.0 Å². The third kappa shape index (κ3) is 3.24. The lowest BCUT2D eigenvalue weighted by molar-refractivity contribution is -0.384. The van der Waals surface area contributed by atoms with Crippen LogP contribution in [0.4, 0.5) is 15.8 Å². The van der Waals surface area contributed by atoms with E-state index in [-0.39, 0.29) is 17.4 Å². The summed E-state index contributed by atoms with van der Waals surface area (Å²) in [5, 5.41) is 14.5. The maximum Gasteiger partial charge on any atom is 0.292 e. The standard InChI is InChI=1S/C14H12ClFN2O2/c1-9(10-2-4-11(15)5-3-10)17-13-8-12(16)6-7-14(13)18(19)20/h2-9,17H,1H3. The van der Waals surface area contributed by atoms with Gasteiger partial charge >= 0.3 is 0 Å². The number of halogens is 2. The van der Waals surface area contributed by atoms with Gasteiger partial charge in [-0.3, -0.25) is 10.1 Å². The minimum absolute atomic E-state index is 0.150. The number of nitrogens with one attached hydrogen (secondary N) is 1. The van der Waals surface area contributed by atoms with Crippen LogP contribution in [0.15, 0.2) is 42.5 Å². The topological polar surface area (TPSA) is 55.2 Å². The molecule has 1 atom stereocenters. The quantitative estimate of drug-likeness (QED) is 0.664. The number of nitro benzene ring substituents is 1. The molecule has 6 heteroatoms. The van der Waals surface area contributed by atoms with E-state index in [4.69, 9.17) is 11.6 Å². The summed E-state index contributed by atoms with van der Waals surface area (Å²) in [5.41, 5.74) is 0.887. The summed E-state index contributed by atoms with van der Waals surface area (Å²) in [4.78, 5) is 10.4. The molecule has 2 aromatic carbocycles. The Balaban J connectivity index is 2.27. The van der Waals surface area contributed by atoms with Gasteiger partial charge in [0.15, 0.2) is 0 Å². The van der Waals surface area contributed by atoms with Crippen molar-refractivity contribution in [1.82, 2.24) is 0 Å². The van der Waals surface area contributed by atoms with E-state index in [9.17, 15) is 14.5 Å². The van der Waals surface area contributed by atoms with Crippen molar-refractivity contribution in [2.24, 2.45) is 0 Å². The second kappa shape index (κ2) is 5.88. The first-order valence-corrected chi connectivity index (χ1v) is 6.31. The minimum atomic E-state index is -0.545. The van der Waals surface area contributed by atoms with E-state index < -0.39 is 10.7 Å². The van der Waals surface area contributed by atoms with E-state index in [1.165, 1.54) is 0 Å². The number of hydrogen-bond donors (Lipinski definition) is 1. The zero-order valence-corrected chi connectivity index (χ0v) is 11.4. The first kappa shape index (κ1) is 14.3. The molecule has 1 unspecified atom stereocenters. The molecule has 0 saturated carbocycles. The fraction of sp³-hybridized carbons (Fsp3) is 0.143. The molecule has 0 aliphatic carbocycles. The Bertz CT molecular complexity index is 632. The molecule has 0 aromatic heterocycles. The molecule has 4 nitrogen and oxygen atoms in total. The summed E-state index contributed by atoms with van der Waals surface area (Å²) in [7, 11) is 0. The van der Waals surface area contributed by atoms with E-state index in [0.29, 0.717) is 5.02 Å². The largest absolute Gasteiger partial charge is 0.373 e. The summed E-state index contributed by atoms with van der Waals surface area (Å²) < 4.78 is 13.2. The first-order chi connectivity index (χ1) is 9.47. The summed E-state index contributed by atoms with van der Waals surface area (Å²) in [5.74, 6) is -0.526. The molecule has 2 aromatic rings. The molecule has 0 heterocycles. The highest BCUT2D eigenvalue weighted by Gasteiger charge is 2.16. The Morgan fingerprint density at radius 1 is 1.25 bits per heavy atom. The molecule has 0 radical (unpaired) electrons. The second-order valence-electron chi connectivity index (χ2n) is 4.34. The Labute approximate surface area is 120 Å². The van der Waals surface area contributed by atoms with Crippen LogP contribution < -0.4 is 5.32 Å². The van der Waals surface area contributed by atoms with Crippen molar-refractivity contribution >= 4 is 23.0 Å². The molecular weight excluding hydrogens is 283 g/mol. The van der Waals surface area contributed by atoms with Gasteiger partial charge in [-0.15, -0.1) is 0 Å². The predicted octanol–water partition coefficient (Wildman–Crippen LogP) is 4.56. The average Bonchev–Trinajstić information content (AvgIpc) is 2.39. The van der Waals surface area contributed by atoms with Gasteiger partial charge in [0.1, 0.15) is 11.5 Å². The van der Waals surface area contributed by atoms with Crippen LogP contribution in [-0.4, -0.2) is 4.92 Å². The van der Waals surface area contributed by atoms with E-state index in [1.54, 1.807) is 12.1 Å². The van der Waals surface area contributed by atoms with Gasteiger partial charge in [-0.2, -0.15) is 0 Å². The van der Waals surface area contributed by atoms with E-state index in [0.717, 1.165) is 23.8 Å². The molecule has 0 aliphatic heterocycles. The van der Waals surface area contributed by atoms with Gasteiger partial charge in [-0.05, 0) is 30.7 Å². The Kier molecular flexibility index (Phi) is 4.20. The molecule has 0 amide bonds. The van der Waals surface area contributed by atoms with Crippen molar-refractivity contribution in [3.05, 3.63) is 69.0 Å². The van der Waals surface area contributed by atoms with E-state index in [2.05, 4.69) is 5.32 Å². The highest BCUT2D eigenvalue weighted by molar-refractivity contribution is 6.30. The molecule has 104 valence electrons. The van der Waals surface area contributed by atoms with Crippen LogP contribution in [0.3, 0.4) is 0 Å². The monoisotopic (exact) mass is 294 g/mol. The summed E-state index contributed by atoms with van der Waals surface area (Å²) in [6.45, 7) is 1.83. The van der Waals surface area contributed by atoms with Gasteiger partial charge in [0, 0.05) is 23.2 Å². The molecule has 0 fully saturated rings. The van der Waals surface area contributed by atoms with Gasteiger partial charge in [-0.1, -0.05) is 23.7 Å². The van der Waals surface area contributed by atoms with Crippen molar-refractivity contribution < 1.29 is 9.31 Å². The van der Waals surface area contributed by atoms with Crippen molar-refractivity contribution in [1.29, 1.82) is 0 Å². The Morgan fingerprint density at radius 3 is 2.50 bits per heavy atom. The molecular formula is C14H12ClFN2O2. The lowest BCUT2D eigenvalue weighted by Gasteiger charge is -2.15. The number of nitro groups is 1. The molecule has 0 saturated heterocycles. The lowest BCUT2D eigenvalue weighted by atomic mass is 10.1. The zero-order valence-electron chi connectivity index (χ0n) is 10.6. The summed E-state index contributed by atoms with van der Waals surface area (Å²) in [6, 6.07) is 10.2. The Morgan fingerprint density at radius 2 is 1.90 bits per heavy atom. The van der Waals surface area contributed by atoms with Crippen LogP contribution in [0, 0.1) is 15.9 Å². The van der Waals surface area contributed by atoms with Crippen LogP contribution in [-0.2, 0) is 0 Å². The highest BCUT2D eigenvalue weighted by Crippen LogP contribution is 2.29. The minimum Gasteiger partial charge on any atom is -0.373 e. The zero-order chi connectivity index (χ0) is 14.7. The third-order valence-electron chi connectivity index (χ3n) is 2.90. The highest BCUT2D eigenvalue weighted by atomic mass is 35.5. The molecule has 20 heavy (non-hydrogen) atoms. The van der Waals surface area contributed by atoms with Crippen molar-refractivity contribution in [2.75, 3.05) is 5.32 Å². The number of anilines is 1. The van der Waals surface area contributed by atoms with E-state index >= 15 is 0 Å². The number of nitrogens with zero attached hydrogens (tertiary/aromatic N) is 1. The Hall–Kier alpha value is -2.14. The van der Waals surface area contributed by atoms with Crippen molar-refractivity contribution in [3.8, 4) is 0 Å². The van der Waals surface area contributed by atoms with Crippen molar-refractivity contribution in [3.63, 3.8) is 0 Å². The van der Waals surface area contributed by atoms with Crippen LogP contribution in [0.1, 0.15) is 18.5 Å². The van der Waals surface area contributed by atoms with Crippen LogP contribution in [0.25, 0.3) is 0 Å². The second-order valence-corrected chi connectivity index (χ2v) is 4.77. The SMILES string of the molecule is CC(Nc1cc(F)ccc1[N+](=O)[O-])c1ccc(Cl)cc1. The van der Waals surface area contributed by atoms with E-state index in [1.807, 2.05) is 19.1 Å². The average molecular weight is 295 g/mol. The van der Waals surface area contributed by atoms with Crippen LogP contribution in [0.2, 0.25) is 5.02 Å². The van der Waals surface area contributed by atoms with Gasteiger partial charge < -0.3 is 5.32 Å². The number of rotatable bonds is 4. The van der Waals surface area contributed by atoms with Gasteiger partial charge in [-0.25, -0.2) is 4.39 Å². The molecule has 0 aliphatic rings. The summed E-state index contributed by atoms with van der Waals surface area (Å²) >= 11 is 5.80. The maximum atomic E-state index is 13.2. The predicted molar refractivity (Wildman–Crippen MR) is 76.5 cm³/mol. The first-order valence-electron chi connectivity index (χ1n) is 5.93. The normalized spacial score (nSPS) is 11.9.